The number of fused-ring (bicyclic) bond motifs is 9. The molecule has 0 saturated heterocycles. The van der Waals surface area contributed by atoms with Gasteiger partial charge in [-0.2, -0.15) is 0 Å². The number of rotatable bonds is 2. The molecule has 0 N–H and O–H groups in total. The number of aromatic nitrogens is 2. The van der Waals surface area contributed by atoms with Crippen LogP contribution in [0.1, 0.15) is 0 Å². The molecule has 0 spiro atoms. The van der Waals surface area contributed by atoms with E-state index in [9.17, 15) is 0 Å². The molecule has 0 unspecified atom stereocenters. The Morgan fingerprint density at radius 3 is 1.83 bits per heavy atom. The van der Waals surface area contributed by atoms with Crippen molar-refractivity contribution in [3.05, 3.63) is 158 Å². The van der Waals surface area contributed by atoms with Crippen molar-refractivity contribution >= 4 is 81.4 Å². The molecule has 0 bridgehead atoms. The van der Waals surface area contributed by atoms with Gasteiger partial charge in [0.1, 0.15) is 5.65 Å². The second kappa shape index (κ2) is 9.15. The van der Waals surface area contributed by atoms with Gasteiger partial charge in [0, 0.05) is 10.8 Å². The topological polar surface area (TPSA) is 17.3 Å². The SMILES string of the molecule is c1cc2ccc3ccc(-c4ccc5cc(-c6ccc7c(c6)nc6c8ccccc8c8ccccc8n76)ccc5c4)c4ccc(c1)c2c34. The average molecular weight is 595 g/mol. The molecule has 0 aliphatic carbocycles. The second-order valence-corrected chi connectivity index (χ2v) is 12.8. The van der Waals surface area contributed by atoms with Crippen molar-refractivity contribution in [1.82, 2.24) is 9.38 Å². The summed E-state index contributed by atoms with van der Waals surface area (Å²) < 4.78 is 2.32. The largest absolute Gasteiger partial charge is 0.292 e. The van der Waals surface area contributed by atoms with Crippen LogP contribution in [-0.4, -0.2) is 9.38 Å². The van der Waals surface area contributed by atoms with Crippen molar-refractivity contribution in [2.75, 3.05) is 0 Å². The maximum atomic E-state index is 5.21. The van der Waals surface area contributed by atoms with E-state index in [1.165, 1.54) is 87.0 Å². The predicted octanol–water partition coefficient (Wildman–Crippen LogP) is 12.2. The van der Waals surface area contributed by atoms with Gasteiger partial charge in [0.15, 0.2) is 0 Å². The predicted molar refractivity (Wildman–Crippen MR) is 200 cm³/mol. The first kappa shape index (κ1) is 25.0. The summed E-state index contributed by atoms with van der Waals surface area (Å²) in [5.41, 5.74) is 9.21. The lowest BCUT2D eigenvalue weighted by Gasteiger charge is -2.14. The molecular weight excluding hydrogens is 569 g/mol. The van der Waals surface area contributed by atoms with Crippen LogP contribution in [0.5, 0.6) is 0 Å². The van der Waals surface area contributed by atoms with Gasteiger partial charge in [-0.1, -0.05) is 127 Å². The Hall–Kier alpha value is -6.25. The van der Waals surface area contributed by atoms with Crippen molar-refractivity contribution in [3.63, 3.8) is 0 Å². The van der Waals surface area contributed by atoms with Crippen molar-refractivity contribution in [3.8, 4) is 22.3 Å². The molecule has 216 valence electrons. The fraction of sp³-hybridized carbons (Fsp3) is 0. The number of imidazole rings is 1. The van der Waals surface area contributed by atoms with E-state index in [1.807, 2.05) is 0 Å². The smallest absolute Gasteiger partial charge is 0.146 e. The molecule has 0 atom stereocenters. The molecule has 0 radical (unpaired) electrons. The summed E-state index contributed by atoms with van der Waals surface area (Å²) in [6.45, 7) is 0. The lowest BCUT2D eigenvalue weighted by molar-refractivity contribution is 1.31. The molecule has 9 aromatic carbocycles. The van der Waals surface area contributed by atoms with Crippen LogP contribution in [0.25, 0.3) is 104 Å². The molecule has 0 fully saturated rings. The average Bonchev–Trinajstić information content (AvgIpc) is 3.53. The Kier molecular flexibility index (Phi) is 4.87. The maximum absolute atomic E-state index is 5.21. The standard InChI is InChI=1S/C45H26N2/c1-2-10-39-36(8-1)37-9-3-4-11-41(37)47-42-23-20-33(26-40(42)46-45(39)47)31-14-15-32-25-34(17-16-30(32)24-31)35-21-18-29-13-12-27-6-5-7-28-19-22-38(35)44(29)43(27)28/h1-26H. The highest BCUT2D eigenvalue weighted by atomic mass is 15.0. The van der Waals surface area contributed by atoms with Gasteiger partial charge in [-0.05, 0) is 101 Å². The van der Waals surface area contributed by atoms with Crippen LogP contribution in [0.15, 0.2) is 158 Å². The van der Waals surface area contributed by atoms with E-state index in [2.05, 4.69) is 162 Å². The van der Waals surface area contributed by atoms with Gasteiger partial charge in [0.25, 0.3) is 0 Å². The van der Waals surface area contributed by atoms with Crippen LogP contribution in [0.4, 0.5) is 0 Å². The van der Waals surface area contributed by atoms with Gasteiger partial charge in [-0.25, -0.2) is 4.98 Å². The third-order valence-electron chi connectivity index (χ3n) is 10.3. The van der Waals surface area contributed by atoms with E-state index in [0.717, 1.165) is 16.7 Å². The summed E-state index contributed by atoms with van der Waals surface area (Å²) in [5.74, 6) is 0. The molecule has 2 nitrogen and oxygen atoms in total. The van der Waals surface area contributed by atoms with E-state index >= 15 is 0 Å². The molecule has 2 heterocycles. The molecule has 0 aliphatic rings. The molecule has 0 amide bonds. The van der Waals surface area contributed by atoms with Crippen molar-refractivity contribution in [2.45, 2.75) is 0 Å². The highest BCUT2D eigenvalue weighted by Crippen LogP contribution is 2.40. The molecule has 0 saturated carbocycles. The maximum Gasteiger partial charge on any atom is 0.146 e. The number of hydrogen-bond acceptors (Lipinski definition) is 1. The highest BCUT2D eigenvalue weighted by Gasteiger charge is 2.15. The first-order valence-corrected chi connectivity index (χ1v) is 16.2. The molecule has 11 rings (SSSR count). The number of nitrogens with zero attached hydrogens (tertiary/aromatic N) is 2. The van der Waals surface area contributed by atoms with Gasteiger partial charge in [0.2, 0.25) is 0 Å². The first-order valence-electron chi connectivity index (χ1n) is 16.2. The molecule has 2 heteroatoms. The van der Waals surface area contributed by atoms with E-state index in [4.69, 9.17) is 4.98 Å². The van der Waals surface area contributed by atoms with Gasteiger partial charge >= 0.3 is 0 Å². The molecule has 0 aliphatic heterocycles. The Morgan fingerprint density at radius 1 is 0.362 bits per heavy atom. The number of benzene rings is 9. The minimum atomic E-state index is 1.00. The van der Waals surface area contributed by atoms with E-state index in [1.54, 1.807) is 0 Å². The number of hydrogen-bond donors (Lipinski definition) is 0. The summed E-state index contributed by atoms with van der Waals surface area (Å²) in [5, 5.41) is 14.0. The zero-order valence-electron chi connectivity index (χ0n) is 25.4. The Balaban J connectivity index is 1.04. The fourth-order valence-corrected chi connectivity index (χ4v) is 8.07. The summed E-state index contributed by atoms with van der Waals surface area (Å²) in [4.78, 5) is 5.21. The normalized spacial score (nSPS) is 12.3. The van der Waals surface area contributed by atoms with E-state index in [0.29, 0.717) is 0 Å². The second-order valence-electron chi connectivity index (χ2n) is 12.8. The molecule has 11 aromatic rings. The van der Waals surface area contributed by atoms with E-state index in [-0.39, 0.29) is 0 Å². The Labute approximate surface area is 270 Å². The van der Waals surface area contributed by atoms with Crippen LogP contribution in [0.3, 0.4) is 0 Å². The summed E-state index contributed by atoms with van der Waals surface area (Å²) in [6, 6.07) is 57.9. The third-order valence-corrected chi connectivity index (χ3v) is 10.3. The van der Waals surface area contributed by atoms with E-state index < -0.39 is 0 Å². The monoisotopic (exact) mass is 594 g/mol. The van der Waals surface area contributed by atoms with Gasteiger partial charge in [-0.15, -0.1) is 0 Å². The van der Waals surface area contributed by atoms with Crippen LogP contribution >= 0.6 is 0 Å². The zero-order valence-corrected chi connectivity index (χ0v) is 25.4. The summed E-state index contributed by atoms with van der Waals surface area (Å²) in [6.07, 6.45) is 0. The molecule has 2 aromatic heterocycles. The third kappa shape index (κ3) is 3.47. The summed E-state index contributed by atoms with van der Waals surface area (Å²) >= 11 is 0. The van der Waals surface area contributed by atoms with Crippen LogP contribution in [0, 0.1) is 0 Å². The Morgan fingerprint density at radius 2 is 0.979 bits per heavy atom. The van der Waals surface area contributed by atoms with Gasteiger partial charge in [0.05, 0.1) is 16.6 Å². The van der Waals surface area contributed by atoms with Crippen molar-refractivity contribution in [2.24, 2.45) is 0 Å². The molecule has 47 heavy (non-hydrogen) atoms. The zero-order chi connectivity index (χ0) is 30.6. The lowest BCUT2D eigenvalue weighted by atomic mass is 9.89. The highest BCUT2D eigenvalue weighted by molar-refractivity contribution is 6.25. The van der Waals surface area contributed by atoms with Gasteiger partial charge < -0.3 is 0 Å². The number of pyridine rings is 1. The molecular formula is C45H26N2. The minimum absolute atomic E-state index is 1.00. The lowest BCUT2D eigenvalue weighted by Crippen LogP contribution is -1.91. The fourth-order valence-electron chi connectivity index (χ4n) is 8.07. The van der Waals surface area contributed by atoms with Crippen molar-refractivity contribution in [1.29, 1.82) is 0 Å². The number of para-hydroxylation sites is 1. The Bertz CT molecular complexity index is 3060. The first-order chi connectivity index (χ1) is 23.3. The minimum Gasteiger partial charge on any atom is -0.292 e. The van der Waals surface area contributed by atoms with Crippen LogP contribution < -0.4 is 0 Å². The van der Waals surface area contributed by atoms with Crippen molar-refractivity contribution < 1.29 is 0 Å². The summed E-state index contributed by atoms with van der Waals surface area (Å²) in [7, 11) is 0. The quantitative estimate of drug-likeness (QED) is 0.182. The van der Waals surface area contributed by atoms with Crippen LogP contribution in [0.2, 0.25) is 0 Å². The van der Waals surface area contributed by atoms with Crippen LogP contribution in [-0.2, 0) is 0 Å². The van der Waals surface area contributed by atoms with Gasteiger partial charge in [-0.3, -0.25) is 4.40 Å².